The number of hydrogen-bond donors (Lipinski definition) is 1. The fraction of sp³-hybridized carbons (Fsp3) is 0.417. The summed E-state index contributed by atoms with van der Waals surface area (Å²) in [6.07, 6.45) is 0.870. The number of carbonyl (C=O) groups is 1. The Labute approximate surface area is 89.6 Å². The molecular weight excluding hydrogens is 192 g/mol. The number of benzene rings is 1. The Hall–Kier alpha value is -1.35. The quantitative estimate of drug-likeness (QED) is 0.611. The Morgan fingerprint density at radius 3 is 2.47 bits per heavy atom. The van der Waals surface area contributed by atoms with E-state index in [0.717, 1.165) is 0 Å². The summed E-state index contributed by atoms with van der Waals surface area (Å²) in [5.41, 5.74) is 1.09. The third-order valence-corrected chi connectivity index (χ3v) is 2.61. The van der Waals surface area contributed by atoms with Gasteiger partial charge in [-0.05, 0) is 17.4 Å². The molecule has 3 nitrogen and oxygen atoms in total. The van der Waals surface area contributed by atoms with Gasteiger partial charge in [-0.3, -0.25) is 0 Å². The zero-order valence-corrected chi connectivity index (χ0v) is 9.06. The van der Waals surface area contributed by atoms with Crippen LogP contribution in [0, 0.1) is 0 Å². The van der Waals surface area contributed by atoms with E-state index in [0.29, 0.717) is 6.42 Å². The molecule has 1 aromatic carbocycles. The number of hydrogen-bond acceptors (Lipinski definition) is 3. The monoisotopic (exact) mass is 208 g/mol. The van der Waals surface area contributed by atoms with Crippen molar-refractivity contribution in [3.05, 3.63) is 35.9 Å². The summed E-state index contributed by atoms with van der Waals surface area (Å²) >= 11 is 0. The van der Waals surface area contributed by atoms with Crippen LogP contribution in [0.15, 0.2) is 30.3 Å². The van der Waals surface area contributed by atoms with Crippen LogP contribution in [-0.2, 0) is 15.1 Å². The summed E-state index contributed by atoms with van der Waals surface area (Å²) in [5, 5.41) is 8.15. The molecule has 0 spiro atoms. The van der Waals surface area contributed by atoms with Gasteiger partial charge in [-0.15, -0.1) is 0 Å². The zero-order chi connectivity index (χ0) is 11.3. The summed E-state index contributed by atoms with van der Waals surface area (Å²) in [6, 6.07) is 9.97. The van der Waals surface area contributed by atoms with Gasteiger partial charge in [0, 0.05) is 6.42 Å². The highest BCUT2D eigenvalue weighted by Crippen LogP contribution is 2.28. The fourth-order valence-electron chi connectivity index (χ4n) is 1.49. The van der Waals surface area contributed by atoms with Crippen LogP contribution in [0.4, 0.5) is 0 Å². The molecule has 1 rings (SSSR count). The van der Waals surface area contributed by atoms with Gasteiger partial charge >= 0.3 is 5.97 Å². The van der Waals surface area contributed by atoms with E-state index in [-0.39, 0.29) is 11.8 Å². The lowest BCUT2D eigenvalue weighted by molar-refractivity contribution is -0.234. The molecule has 0 aliphatic carbocycles. The predicted molar refractivity (Wildman–Crippen MR) is 57.4 cm³/mol. The standard InChI is InChI=1S/C12H16O3/c1-12(2,9-8-11(13)15-14)10-6-4-3-5-7-10/h3-7,14H,8-9H2,1-2H3. The second kappa shape index (κ2) is 4.94. The first kappa shape index (κ1) is 11.7. The zero-order valence-electron chi connectivity index (χ0n) is 9.06. The highest BCUT2D eigenvalue weighted by molar-refractivity contribution is 5.68. The van der Waals surface area contributed by atoms with Crippen molar-refractivity contribution >= 4 is 5.97 Å². The highest BCUT2D eigenvalue weighted by Gasteiger charge is 2.21. The molecule has 15 heavy (non-hydrogen) atoms. The molecule has 0 unspecified atom stereocenters. The minimum absolute atomic E-state index is 0.0878. The summed E-state index contributed by atoms with van der Waals surface area (Å²) in [5.74, 6) is -0.584. The minimum atomic E-state index is -0.584. The number of carbonyl (C=O) groups excluding carboxylic acids is 1. The smallest absolute Gasteiger partial charge is 0.301 e. The molecule has 82 valence electrons. The Bertz CT molecular complexity index is 317. The van der Waals surface area contributed by atoms with Crippen molar-refractivity contribution in [2.45, 2.75) is 32.1 Å². The molecule has 0 saturated carbocycles. The molecule has 3 heteroatoms. The van der Waals surface area contributed by atoms with Gasteiger partial charge in [0.1, 0.15) is 0 Å². The van der Waals surface area contributed by atoms with Gasteiger partial charge in [0.05, 0.1) is 0 Å². The topological polar surface area (TPSA) is 46.5 Å². The highest BCUT2D eigenvalue weighted by atomic mass is 17.1. The van der Waals surface area contributed by atoms with Crippen molar-refractivity contribution in [3.8, 4) is 0 Å². The van der Waals surface area contributed by atoms with Crippen molar-refractivity contribution < 1.29 is 14.9 Å². The average molecular weight is 208 g/mol. The van der Waals surface area contributed by atoms with Crippen LogP contribution < -0.4 is 0 Å². The average Bonchev–Trinajstić information content (AvgIpc) is 2.27. The molecule has 0 amide bonds. The Balaban J connectivity index is 2.63. The Morgan fingerprint density at radius 2 is 1.93 bits per heavy atom. The molecule has 0 aliphatic rings. The fourth-order valence-corrected chi connectivity index (χ4v) is 1.49. The molecule has 0 saturated heterocycles. The van der Waals surface area contributed by atoms with E-state index >= 15 is 0 Å². The second-order valence-corrected chi connectivity index (χ2v) is 4.21. The maximum absolute atomic E-state index is 10.8. The lowest BCUT2D eigenvalue weighted by Gasteiger charge is -2.24. The first-order valence-electron chi connectivity index (χ1n) is 4.96. The van der Waals surface area contributed by atoms with Gasteiger partial charge in [-0.2, -0.15) is 5.26 Å². The summed E-state index contributed by atoms with van der Waals surface area (Å²) in [4.78, 5) is 14.5. The molecule has 0 fully saturated rings. The molecule has 0 atom stereocenters. The van der Waals surface area contributed by atoms with Crippen LogP contribution in [0.25, 0.3) is 0 Å². The molecule has 0 heterocycles. The van der Waals surface area contributed by atoms with Gasteiger partial charge in [-0.25, -0.2) is 4.79 Å². The van der Waals surface area contributed by atoms with E-state index in [2.05, 4.69) is 18.7 Å². The van der Waals surface area contributed by atoms with Crippen molar-refractivity contribution in [1.82, 2.24) is 0 Å². The third kappa shape index (κ3) is 3.36. The van der Waals surface area contributed by atoms with Crippen LogP contribution in [0.3, 0.4) is 0 Å². The van der Waals surface area contributed by atoms with Crippen molar-refractivity contribution in [2.24, 2.45) is 0 Å². The molecule has 0 aromatic heterocycles. The van der Waals surface area contributed by atoms with Crippen molar-refractivity contribution in [2.75, 3.05) is 0 Å². The van der Waals surface area contributed by atoms with E-state index in [1.165, 1.54) is 5.56 Å². The molecule has 1 aromatic rings. The van der Waals surface area contributed by atoms with Gasteiger partial charge in [0.25, 0.3) is 0 Å². The SMILES string of the molecule is CC(C)(CCC(=O)OO)c1ccccc1. The van der Waals surface area contributed by atoms with Gasteiger partial charge in [0.2, 0.25) is 0 Å². The minimum Gasteiger partial charge on any atom is -0.301 e. The normalized spacial score (nSPS) is 11.1. The van der Waals surface area contributed by atoms with Gasteiger partial charge < -0.3 is 4.89 Å². The first-order valence-corrected chi connectivity index (χ1v) is 4.96. The number of rotatable bonds is 4. The van der Waals surface area contributed by atoms with Crippen molar-refractivity contribution in [3.63, 3.8) is 0 Å². The maximum Gasteiger partial charge on any atom is 0.342 e. The van der Waals surface area contributed by atoms with Crippen LogP contribution >= 0.6 is 0 Å². The molecule has 0 aliphatic heterocycles. The van der Waals surface area contributed by atoms with E-state index in [4.69, 9.17) is 5.26 Å². The second-order valence-electron chi connectivity index (χ2n) is 4.21. The Kier molecular flexibility index (Phi) is 3.86. The van der Waals surface area contributed by atoms with E-state index in [1.807, 2.05) is 30.3 Å². The summed E-state index contributed by atoms with van der Waals surface area (Å²) in [7, 11) is 0. The van der Waals surface area contributed by atoms with Crippen LogP contribution in [0.1, 0.15) is 32.3 Å². The van der Waals surface area contributed by atoms with Crippen LogP contribution in [0.5, 0.6) is 0 Å². The summed E-state index contributed by atoms with van der Waals surface area (Å²) < 4.78 is 0. The maximum atomic E-state index is 10.8. The lowest BCUT2D eigenvalue weighted by atomic mass is 9.80. The third-order valence-electron chi connectivity index (χ3n) is 2.61. The summed E-state index contributed by atoms with van der Waals surface area (Å²) in [6.45, 7) is 4.12. The largest absolute Gasteiger partial charge is 0.342 e. The molecule has 0 bridgehead atoms. The predicted octanol–water partition coefficient (Wildman–Crippen LogP) is 2.76. The molecule has 0 radical (unpaired) electrons. The van der Waals surface area contributed by atoms with Crippen LogP contribution in [0.2, 0.25) is 0 Å². The Morgan fingerprint density at radius 1 is 1.33 bits per heavy atom. The lowest BCUT2D eigenvalue weighted by Crippen LogP contribution is -2.19. The van der Waals surface area contributed by atoms with E-state index in [1.54, 1.807) is 0 Å². The molecule has 1 N–H and O–H groups in total. The molecular formula is C12H16O3. The van der Waals surface area contributed by atoms with E-state index in [9.17, 15) is 4.79 Å². The van der Waals surface area contributed by atoms with Gasteiger partial charge in [0.15, 0.2) is 0 Å². The van der Waals surface area contributed by atoms with E-state index < -0.39 is 5.97 Å². The first-order chi connectivity index (χ1) is 7.06. The van der Waals surface area contributed by atoms with Crippen LogP contribution in [-0.4, -0.2) is 11.2 Å². The van der Waals surface area contributed by atoms with Crippen molar-refractivity contribution in [1.29, 1.82) is 0 Å². The van der Waals surface area contributed by atoms with Gasteiger partial charge in [-0.1, -0.05) is 44.2 Å².